The van der Waals surface area contributed by atoms with Crippen molar-refractivity contribution in [2.45, 2.75) is 44.6 Å². The lowest BCUT2D eigenvalue weighted by Crippen LogP contribution is -2.21. The first-order valence-electron chi connectivity index (χ1n) is 5.72. The molecular weight excluding hydrogens is 170 g/mol. The van der Waals surface area contributed by atoms with Crippen molar-refractivity contribution in [1.29, 1.82) is 0 Å². The summed E-state index contributed by atoms with van der Waals surface area (Å²) in [6, 6.07) is 7.65. The zero-order valence-corrected chi connectivity index (χ0v) is 8.72. The average Bonchev–Trinajstić information content (AvgIpc) is 3.00. The molecule has 1 unspecified atom stereocenters. The Labute approximate surface area is 85.5 Å². The van der Waals surface area contributed by atoms with Crippen molar-refractivity contribution >= 4 is 5.69 Å². The first-order chi connectivity index (χ1) is 6.83. The summed E-state index contributed by atoms with van der Waals surface area (Å²) in [7, 11) is 0. The number of fused-ring (bicyclic) bond motifs is 1. The molecule has 1 nitrogen and oxygen atoms in total. The van der Waals surface area contributed by atoms with Crippen LogP contribution in [0.2, 0.25) is 0 Å². The Bertz CT molecular complexity index is 352. The lowest BCUT2D eigenvalue weighted by atomic mass is 9.96. The van der Waals surface area contributed by atoms with Gasteiger partial charge in [-0.1, -0.05) is 12.1 Å². The van der Waals surface area contributed by atoms with Gasteiger partial charge in [0.05, 0.1) is 0 Å². The lowest BCUT2D eigenvalue weighted by molar-refractivity contribution is 0.680. The third kappa shape index (κ3) is 1.41. The van der Waals surface area contributed by atoms with Gasteiger partial charge in [0.15, 0.2) is 0 Å². The molecule has 3 rings (SSSR count). The molecule has 0 amide bonds. The van der Waals surface area contributed by atoms with E-state index in [0.29, 0.717) is 6.04 Å². The van der Waals surface area contributed by atoms with Crippen LogP contribution < -0.4 is 5.32 Å². The molecule has 0 aromatic heterocycles. The fraction of sp³-hybridized carbons (Fsp3) is 0.538. The van der Waals surface area contributed by atoms with Crippen LogP contribution in [0.4, 0.5) is 5.69 Å². The van der Waals surface area contributed by atoms with Crippen molar-refractivity contribution in [2.75, 3.05) is 5.32 Å². The molecular formula is C13H17N. The Kier molecular flexibility index (Phi) is 1.79. The number of hydrogen-bond donors (Lipinski definition) is 1. The summed E-state index contributed by atoms with van der Waals surface area (Å²) in [4.78, 5) is 0. The van der Waals surface area contributed by atoms with Crippen molar-refractivity contribution in [3.8, 4) is 0 Å². The van der Waals surface area contributed by atoms with E-state index in [9.17, 15) is 0 Å². The van der Waals surface area contributed by atoms with Crippen molar-refractivity contribution in [2.24, 2.45) is 0 Å². The summed E-state index contributed by atoms with van der Waals surface area (Å²) in [6.45, 7) is 2.26. The van der Waals surface area contributed by atoms with Crippen LogP contribution in [0.1, 0.15) is 43.2 Å². The van der Waals surface area contributed by atoms with Crippen molar-refractivity contribution in [3.05, 3.63) is 29.3 Å². The molecule has 1 aromatic rings. The van der Waals surface area contributed by atoms with E-state index in [1.54, 1.807) is 5.56 Å². The first-order valence-corrected chi connectivity index (χ1v) is 5.72. The van der Waals surface area contributed by atoms with Crippen LogP contribution in [0, 0.1) is 0 Å². The molecule has 1 saturated carbocycles. The monoisotopic (exact) mass is 187 g/mol. The van der Waals surface area contributed by atoms with E-state index in [2.05, 4.69) is 30.4 Å². The van der Waals surface area contributed by atoms with Crippen LogP contribution in [0.3, 0.4) is 0 Å². The summed E-state index contributed by atoms with van der Waals surface area (Å²) in [5.41, 5.74) is 4.47. The minimum absolute atomic E-state index is 0.647. The molecule has 1 atom stereocenters. The minimum Gasteiger partial charge on any atom is -0.382 e. The quantitative estimate of drug-likeness (QED) is 0.711. The number of anilines is 1. The van der Waals surface area contributed by atoms with Crippen LogP contribution in [0.5, 0.6) is 0 Å². The zero-order valence-electron chi connectivity index (χ0n) is 8.72. The van der Waals surface area contributed by atoms with Gasteiger partial charge in [0.1, 0.15) is 0 Å². The molecule has 1 fully saturated rings. The molecule has 1 N–H and O–H groups in total. The van der Waals surface area contributed by atoms with Crippen LogP contribution in [0.15, 0.2) is 18.2 Å². The van der Waals surface area contributed by atoms with Gasteiger partial charge in [-0.05, 0) is 55.7 Å². The highest BCUT2D eigenvalue weighted by molar-refractivity contribution is 5.55. The van der Waals surface area contributed by atoms with Gasteiger partial charge < -0.3 is 5.32 Å². The molecule has 1 aliphatic heterocycles. The second-order valence-corrected chi connectivity index (χ2v) is 4.77. The zero-order chi connectivity index (χ0) is 9.54. The molecule has 1 heteroatoms. The molecule has 1 aromatic carbocycles. The smallest absolute Gasteiger partial charge is 0.0374 e. The summed E-state index contributed by atoms with van der Waals surface area (Å²) in [5, 5.41) is 3.55. The topological polar surface area (TPSA) is 12.0 Å². The van der Waals surface area contributed by atoms with Crippen LogP contribution in [-0.2, 0) is 6.42 Å². The van der Waals surface area contributed by atoms with Gasteiger partial charge in [0.2, 0.25) is 0 Å². The van der Waals surface area contributed by atoms with Gasteiger partial charge in [-0.3, -0.25) is 0 Å². The van der Waals surface area contributed by atoms with Crippen molar-refractivity contribution < 1.29 is 0 Å². The first kappa shape index (κ1) is 8.34. The minimum atomic E-state index is 0.647. The molecule has 0 bridgehead atoms. The largest absolute Gasteiger partial charge is 0.382 e. The number of nitrogens with one attached hydrogen (secondary N) is 1. The fourth-order valence-electron chi connectivity index (χ4n) is 2.34. The van der Waals surface area contributed by atoms with E-state index in [0.717, 1.165) is 5.92 Å². The Morgan fingerprint density at radius 1 is 1.21 bits per heavy atom. The van der Waals surface area contributed by atoms with Gasteiger partial charge in [-0.2, -0.15) is 0 Å². The van der Waals surface area contributed by atoms with E-state index >= 15 is 0 Å². The van der Waals surface area contributed by atoms with Crippen LogP contribution >= 0.6 is 0 Å². The lowest BCUT2D eigenvalue weighted by Gasteiger charge is -2.24. The second-order valence-electron chi connectivity index (χ2n) is 4.77. The molecule has 0 saturated heterocycles. The maximum atomic E-state index is 3.55. The standard InChI is InChI=1S/C13H17N/c1-9-2-3-12-8-11(10-4-5-10)6-7-13(12)14-9/h6-10,14H,2-5H2,1H3. The molecule has 14 heavy (non-hydrogen) atoms. The Morgan fingerprint density at radius 2 is 2.07 bits per heavy atom. The molecule has 1 heterocycles. The molecule has 2 aliphatic rings. The molecule has 0 spiro atoms. The third-order valence-corrected chi connectivity index (χ3v) is 3.43. The third-order valence-electron chi connectivity index (χ3n) is 3.43. The average molecular weight is 187 g/mol. The van der Waals surface area contributed by atoms with E-state index in [-0.39, 0.29) is 0 Å². The number of benzene rings is 1. The van der Waals surface area contributed by atoms with E-state index in [1.165, 1.54) is 36.9 Å². The fourth-order valence-corrected chi connectivity index (χ4v) is 2.34. The van der Waals surface area contributed by atoms with Gasteiger partial charge in [-0.15, -0.1) is 0 Å². The predicted octanol–water partition coefficient (Wildman–Crippen LogP) is 3.31. The summed E-state index contributed by atoms with van der Waals surface area (Å²) in [5.74, 6) is 0.889. The summed E-state index contributed by atoms with van der Waals surface area (Å²) >= 11 is 0. The summed E-state index contributed by atoms with van der Waals surface area (Å²) in [6.07, 6.45) is 5.34. The van der Waals surface area contributed by atoms with Crippen molar-refractivity contribution in [1.82, 2.24) is 0 Å². The van der Waals surface area contributed by atoms with Crippen LogP contribution in [0.25, 0.3) is 0 Å². The Morgan fingerprint density at radius 3 is 2.86 bits per heavy atom. The highest BCUT2D eigenvalue weighted by atomic mass is 14.9. The van der Waals surface area contributed by atoms with Crippen molar-refractivity contribution in [3.63, 3.8) is 0 Å². The number of aryl methyl sites for hydroxylation is 1. The van der Waals surface area contributed by atoms with Gasteiger partial charge >= 0.3 is 0 Å². The van der Waals surface area contributed by atoms with E-state index in [4.69, 9.17) is 0 Å². The maximum absolute atomic E-state index is 3.55. The molecule has 0 radical (unpaired) electrons. The van der Waals surface area contributed by atoms with Crippen LogP contribution in [-0.4, -0.2) is 6.04 Å². The maximum Gasteiger partial charge on any atom is 0.0374 e. The molecule has 74 valence electrons. The SMILES string of the molecule is CC1CCc2cc(C3CC3)ccc2N1. The Balaban J connectivity index is 1.94. The van der Waals surface area contributed by atoms with E-state index < -0.39 is 0 Å². The second kappa shape index (κ2) is 3.01. The van der Waals surface area contributed by atoms with Gasteiger partial charge in [-0.25, -0.2) is 0 Å². The molecule has 1 aliphatic carbocycles. The Hall–Kier alpha value is -0.980. The summed E-state index contributed by atoms with van der Waals surface area (Å²) < 4.78 is 0. The number of hydrogen-bond acceptors (Lipinski definition) is 1. The van der Waals surface area contributed by atoms with E-state index in [1.807, 2.05) is 0 Å². The highest BCUT2D eigenvalue weighted by Crippen LogP contribution is 2.41. The number of rotatable bonds is 1. The van der Waals surface area contributed by atoms with Gasteiger partial charge in [0, 0.05) is 11.7 Å². The normalized spacial score (nSPS) is 25.4. The predicted molar refractivity (Wildman–Crippen MR) is 59.8 cm³/mol. The van der Waals surface area contributed by atoms with Gasteiger partial charge in [0.25, 0.3) is 0 Å². The highest BCUT2D eigenvalue weighted by Gasteiger charge is 2.24.